The molecule has 0 radical (unpaired) electrons. The first-order chi connectivity index (χ1) is 10.6. The molecule has 0 aliphatic carbocycles. The molecule has 0 aromatic carbocycles. The van der Waals surface area contributed by atoms with Gasteiger partial charge >= 0.3 is 6.03 Å². The molecule has 1 aliphatic rings. The van der Waals surface area contributed by atoms with Gasteiger partial charge in [-0.2, -0.15) is 5.10 Å². The van der Waals surface area contributed by atoms with E-state index in [-0.39, 0.29) is 17.1 Å². The second kappa shape index (κ2) is 8.00. The van der Waals surface area contributed by atoms with E-state index in [0.29, 0.717) is 31.9 Å². The molecular formula is C13H20ClN5O3. The monoisotopic (exact) mass is 329 g/mol. The molecule has 1 fully saturated rings. The van der Waals surface area contributed by atoms with Crippen molar-refractivity contribution in [3.63, 3.8) is 0 Å². The number of rotatable bonds is 6. The van der Waals surface area contributed by atoms with Gasteiger partial charge in [-0.3, -0.25) is 4.79 Å². The minimum absolute atomic E-state index is 0.0118. The minimum atomic E-state index is -0.411. The number of urea groups is 1. The summed E-state index contributed by atoms with van der Waals surface area (Å²) in [6.45, 7) is 2.49. The smallest absolute Gasteiger partial charge is 0.315 e. The number of aromatic amines is 1. The first-order valence-electron chi connectivity index (χ1n) is 7.13. The molecule has 122 valence electrons. The molecule has 1 aromatic rings. The molecule has 1 atom stereocenters. The van der Waals surface area contributed by atoms with Crippen LogP contribution in [-0.4, -0.2) is 55.6 Å². The molecule has 1 aromatic heterocycles. The maximum Gasteiger partial charge on any atom is 0.315 e. The first-order valence-corrected chi connectivity index (χ1v) is 7.51. The van der Waals surface area contributed by atoms with Gasteiger partial charge in [-0.15, -0.1) is 0 Å². The molecular weight excluding hydrogens is 310 g/mol. The predicted molar refractivity (Wildman–Crippen MR) is 83.5 cm³/mol. The zero-order chi connectivity index (χ0) is 15.9. The van der Waals surface area contributed by atoms with E-state index < -0.39 is 5.56 Å². The van der Waals surface area contributed by atoms with Crippen LogP contribution in [0.5, 0.6) is 0 Å². The summed E-state index contributed by atoms with van der Waals surface area (Å²) < 4.78 is 4.92. The number of nitrogens with one attached hydrogen (secondary N) is 3. The van der Waals surface area contributed by atoms with Crippen LogP contribution in [0.2, 0.25) is 5.02 Å². The third-order valence-electron chi connectivity index (χ3n) is 3.45. The summed E-state index contributed by atoms with van der Waals surface area (Å²) in [4.78, 5) is 25.2. The van der Waals surface area contributed by atoms with Gasteiger partial charge in [0.2, 0.25) is 0 Å². The summed E-state index contributed by atoms with van der Waals surface area (Å²) in [5.41, 5.74) is 0.182. The lowest BCUT2D eigenvalue weighted by molar-refractivity contribution is 0.193. The summed E-state index contributed by atoms with van der Waals surface area (Å²) in [6.07, 6.45) is 3.08. The quantitative estimate of drug-likeness (QED) is 0.653. The Morgan fingerprint density at radius 2 is 2.45 bits per heavy atom. The summed E-state index contributed by atoms with van der Waals surface area (Å²) >= 11 is 5.99. The lowest BCUT2D eigenvalue weighted by Gasteiger charge is -2.19. The van der Waals surface area contributed by atoms with Crippen molar-refractivity contribution < 1.29 is 9.53 Å². The lowest BCUT2D eigenvalue weighted by Crippen LogP contribution is -2.43. The summed E-state index contributed by atoms with van der Waals surface area (Å²) in [6, 6.07) is -0.184. The van der Waals surface area contributed by atoms with Gasteiger partial charge in [-0.25, -0.2) is 9.89 Å². The van der Waals surface area contributed by atoms with E-state index in [1.165, 1.54) is 6.20 Å². The molecule has 9 heteroatoms. The van der Waals surface area contributed by atoms with E-state index >= 15 is 0 Å². The molecule has 0 saturated carbocycles. The Morgan fingerprint density at radius 3 is 3.23 bits per heavy atom. The van der Waals surface area contributed by atoms with Crippen molar-refractivity contribution in [3.8, 4) is 0 Å². The molecule has 1 saturated heterocycles. The maximum atomic E-state index is 11.8. The number of carbonyl (C=O) groups excluding carboxylic acids is 1. The van der Waals surface area contributed by atoms with Gasteiger partial charge in [0.05, 0.1) is 11.9 Å². The maximum absolute atomic E-state index is 11.8. The van der Waals surface area contributed by atoms with E-state index in [9.17, 15) is 9.59 Å². The molecule has 22 heavy (non-hydrogen) atoms. The second-order valence-corrected chi connectivity index (χ2v) is 5.45. The van der Waals surface area contributed by atoms with Crippen molar-refractivity contribution in [3.05, 3.63) is 21.6 Å². The average Bonchev–Trinajstić information content (AvgIpc) is 2.95. The van der Waals surface area contributed by atoms with Crippen LogP contribution in [0.15, 0.2) is 11.0 Å². The molecule has 1 aliphatic heterocycles. The number of carbonyl (C=O) groups is 1. The Morgan fingerprint density at radius 1 is 1.64 bits per heavy atom. The molecule has 3 N–H and O–H groups in total. The number of nitrogens with zero attached hydrogens (tertiary/aromatic N) is 2. The fourth-order valence-corrected chi connectivity index (χ4v) is 2.56. The van der Waals surface area contributed by atoms with Crippen molar-refractivity contribution in [1.82, 2.24) is 20.8 Å². The highest BCUT2D eigenvalue weighted by Crippen LogP contribution is 2.24. The Balaban J connectivity index is 1.81. The van der Waals surface area contributed by atoms with Crippen LogP contribution >= 0.6 is 11.6 Å². The fraction of sp³-hybridized carbons (Fsp3) is 0.615. The molecule has 8 nitrogen and oxygen atoms in total. The standard InChI is InChI=1S/C13H20ClN5O3/c1-22-6-2-4-15-13(21)17-9-3-5-19(8-9)10-7-16-18-12(20)11(10)14/h7,9H,2-6,8H2,1H3,(H,18,20)(H2,15,17,21). The van der Waals surface area contributed by atoms with Crippen LogP contribution in [-0.2, 0) is 4.74 Å². The molecule has 2 rings (SSSR count). The highest BCUT2D eigenvalue weighted by molar-refractivity contribution is 6.33. The SMILES string of the molecule is COCCCNC(=O)NC1CCN(c2cn[nH]c(=O)c2Cl)C1. The Labute approximate surface area is 133 Å². The predicted octanol–water partition coefficient (Wildman–Crippen LogP) is 0.338. The second-order valence-electron chi connectivity index (χ2n) is 5.08. The van der Waals surface area contributed by atoms with Crippen LogP contribution < -0.4 is 21.1 Å². The third-order valence-corrected chi connectivity index (χ3v) is 3.82. The van der Waals surface area contributed by atoms with Crippen molar-refractivity contribution in [2.45, 2.75) is 18.9 Å². The van der Waals surface area contributed by atoms with Crippen LogP contribution in [0.3, 0.4) is 0 Å². The lowest BCUT2D eigenvalue weighted by atomic mass is 10.3. The number of H-pyrrole nitrogens is 1. The number of anilines is 1. The van der Waals surface area contributed by atoms with Gasteiger partial charge in [0.1, 0.15) is 5.02 Å². The highest BCUT2D eigenvalue weighted by atomic mass is 35.5. The first kappa shape index (κ1) is 16.6. The third kappa shape index (κ3) is 4.35. The zero-order valence-electron chi connectivity index (χ0n) is 12.4. The van der Waals surface area contributed by atoms with Gasteiger partial charge in [0.15, 0.2) is 0 Å². The Hall–Kier alpha value is -1.80. The van der Waals surface area contributed by atoms with Crippen LogP contribution in [0.1, 0.15) is 12.8 Å². The van der Waals surface area contributed by atoms with Gasteiger partial charge < -0.3 is 20.3 Å². The topological polar surface area (TPSA) is 99.3 Å². The van der Waals surface area contributed by atoms with Crippen molar-refractivity contribution >= 4 is 23.3 Å². The van der Waals surface area contributed by atoms with Crippen molar-refractivity contribution in [2.75, 3.05) is 38.3 Å². The minimum Gasteiger partial charge on any atom is -0.385 e. The number of amides is 2. The van der Waals surface area contributed by atoms with E-state index in [4.69, 9.17) is 16.3 Å². The molecule has 1 unspecified atom stereocenters. The molecule has 0 spiro atoms. The van der Waals surface area contributed by atoms with Crippen LogP contribution in [0.25, 0.3) is 0 Å². The number of hydrogen-bond acceptors (Lipinski definition) is 5. The van der Waals surface area contributed by atoms with E-state index in [0.717, 1.165) is 12.8 Å². The Kier molecular flexibility index (Phi) is 6.02. The highest BCUT2D eigenvalue weighted by Gasteiger charge is 2.26. The van der Waals surface area contributed by atoms with Gasteiger partial charge in [-0.1, -0.05) is 11.6 Å². The number of ether oxygens (including phenoxy) is 1. The largest absolute Gasteiger partial charge is 0.385 e. The number of hydrogen-bond donors (Lipinski definition) is 3. The Bertz CT molecular complexity index is 565. The molecule has 2 heterocycles. The number of methoxy groups -OCH3 is 1. The average molecular weight is 330 g/mol. The van der Waals surface area contributed by atoms with E-state index in [2.05, 4.69) is 20.8 Å². The van der Waals surface area contributed by atoms with Crippen LogP contribution in [0.4, 0.5) is 10.5 Å². The summed E-state index contributed by atoms with van der Waals surface area (Å²) in [5, 5.41) is 11.9. The fourth-order valence-electron chi connectivity index (χ4n) is 2.35. The number of aromatic nitrogens is 2. The summed E-state index contributed by atoms with van der Waals surface area (Å²) in [5.74, 6) is 0. The van der Waals surface area contributed by atoms with Gasteiger partial charge in [0.25, 0.3) is 5.56 Å². The van der Waals surface area contributed by atoms with Gasteiger partial charge in [-0.05, 0) is 12.8 Å². The van der Waals surface area contributed by atoms with E-state index in [1.807, 2.05) is 4.90 Å². The summed E-state index contributed by atoms with van der Waals surface area (Å²) in [7, 11) is 1.63. The van der Waals surface area contributed by atoms with Gasteiger partial charge in [0, 0.05) is 39.4 Å². The van der Waals surface area contributed by atoms with E-state index in [1.54, 1.807) is 7.11 Å². The molecule has 2 amide bonds. The van der Waals surface area contributed by atoms with Crippen molar-refractivity contribution in [1.29, 1.82) is 0 Å². The van der Waals surface area contributed by atoms with Crippen molar-refractivity contribution in [2.24, 2.45) is 0 Å². The molecule has 0 bridgehead atoms. The number of halogens is 1. The van der Waals surface area contributed by atoms with Crippen LogP contribution in [0, 0.1) is 0 Å². The normalized spacial score (nSPS) is 17.5. The zero-order valence-corrected chi connectivity index (χ0v) is 13.2.